The summed E-state index contributed by atoms with van der Waals surface area (Å²) in [6.07, 6.45) is -1.32. The first-order chi connectivity index (χ1) is 8.76. The van der Waals surface area contributed by atoms with E-state index in [0.717, 1.165) is 0 Å². The molecule has 0 saturated heterocycles. The zero-order chi connectivity index (χ0) is 16.3. The number of rotatable bonds is 2. The van der Waals surface area contributed by atoms with Gasteiger partial charge in [0.2, 0.25) is 0 Å². The van der Waals surface area contributed by atoms with E-state index in [1.54, 1.807) is 41.5 Å². The second-order valence-electron chi connectivity index (χ2n) is 6.55. The predicted molar refractivity (Wildman–Crippen MR) is 96.2 cm³/mol. The van der Waals surface area contributed by atoms with Crippen LogP contribution in [0.15, 0.2) is 0 Å². The van der Waals surface area contributed by atoms with Crippen LogP contribution in [0.2, 0.25) is 0 Å². The molecule has 120 valence electrons. The number of alkyl halides is 2. The van der Waals surface area contributed by atoms with Crippen molar-refractivity contribution in [3.63, 3.8) is 0 Å². The van der Waals surface area contributed by atoms with Crippen molar-refractivity contribution in [2.75, 3.05) is 0 Å². The van der Waals surface area contributed by atoms with Crippen molar-refractivity contribution in [3.8, 4) is 0 Å². The average Bonchev–Trinajstić information content (AvgIpc) is 2.23. The molecule has 0 aromatic carbocycles. The molecule has 0 aliphatic heterocycles. The van der Waals surface area contributed by atoms with Crippen molar-refractivity contribution in [2.24, 2.45) is 10.8 Å². The van der Waals surface area contributed by atoms with Gasteiger partial charge in [-0.2, -0.15) is 0 Å². The Morgan fingerprint density at radius 1 is 0.727 bits per heavy atom. The van der Waals surface area contributed by atoms with Crippen LogP contribution in [0.3, 0.4) is 0 Å². The van der Waals surface area contributed by atoms with Gasteiger partial charge < -0.3 is 9.47 Å². The first-order valence-corrected chi connectivity index (χ1v) is 7.85. The van der Waals surface area contributed by atoms with Crippen LogP contribution in [0.1, 0.15) is 41.5 Å². The number of halogens is 2. The first kappa shape index (κ1) is 29.6. The van der Waals surface area contributed by atoms with Gasteiger partial charge in [-0.1, -0.05) is 73.4 Å². The van der Waals surface area contributed by atoms with Gasteiger partial charge in [-0.25, -0.2) is 4.79 Å². The maximum absolute atomic E-state index is 11.7. The van der Waals surface area contributed by atoms with Gasteiger partial charge in [0.25, 0.3) is 0 Å². The summed E-state index contributed by atoms with van der Waals surface area (Å²) >= 11 is 6.29. The maximum atomic E-state index is 11.7. The van der Waals surface area contributed by atoms with E-state index in [2.05, 4.69) is 41.3 Å². The molecule has 5 nitrogen and oxygen atoms in total. The van der Waals surface area contributed by atoms with Gasteiger partial charge in [0.15, 0.2) is 0 Å². The van der Waals surface area contributed by atoms with Crippen LogP contribution in [0, 0.1) is 10.8 Å². The number of carbonyl (C=O) groups excluding carboxylic acids is 3. The molecule has 22 heavy (non-hydrogen) atoms. The van der Waals surface area contributed by atoms with Crippen LogP contribution in [-0.2, 0) is 19.1 Å². The molecule has 9 heteroatoms. The molecule has 0 amide bonds. The molecule has 0 aliphatic rings. The minimum absolute atomic E-state index is 0. The summed E-state index contributed by atoms with van der Waals surface area (Å²) in [5.74, 6) is -1.59. The molecule has 0 aromatic rings. The third-order valence-electron chi connectivity index (χ3n) is 2.30. The SMILES string of the molecule is CC(C)(C)C(Br)C(=O)OC(=O)OC(=O)C(Br)C(C)(C)C.[KH].[KH]. The molecular formula is C13H22Br2K2O5. The Balaban J connectivity index is -0.00000180. The Morgan fingerprint density at radius 2 is 0.955 bits per heavy atom. The van der Waals surface area contributed by atoms with Crippen LogP contribution in [0.25, 0.3) is 0 Å². The fourth-order valence-electron chi connectivity index (χ4n) is 0.996. The Hall–Kier alpha value is 2.84. The van der Waals surface area contributed by atoms with Gasteiger partial charge in [-0.05, 0) is 10.8 Å². The first-order valence-electron chi connectivity index (χ1n) is 6.02. The fraction of sp³-hybridized carbons (Fsp3) is 0.769. The Kier molecular flexibility index (Phi) is 16.5. The van der Waals surface area contributed by atoms with Gasteiger partial charge in [0, 0.05) is 0 Å². The van der Waals surface area contributed by atoms with Crippen LogP contribution < -0.4 is 0 Å². The van der Waals surface area contributed by atoms with Gasteiger partial charge in [-0.3, -0.25) is 9.59 Å². The summed E-state index contributed by atoms with van der Waals surface area (Å²) < 4.78 is 8.97. The monoisotopic (exact) mass is 494 g/mol. The Labute approximate surface area is 233 Å². The quantitative estimate of drug-likeness (QED) is 0.255. The Morgan fingerprint density at radius 3 is 1.14 bits per heavy atom. The second-order valence-corrected chi connectivity index (χ2v) is 8.38. The van der Waals surface area contributed by atoms with Gasteiger partial charge >= 0.3 is 121 Å². The van der Waals surface area contributed by atoms with Gasteiger partial charge in [0.05, 0.1) is 0 Å². The number of carbonyl (C=O) groups is 3. The van der Waals surface area contributed by atoms with Crippen LogP contribution in [0.5, 0.6) is 0 Å². The van der Waals surface area contributed by atoms with E-state index in [4.69, 9.17) is 0 Å². The summed E-state index contributed by atoms with van der Waals surface area (Å²) in [5.41, 5.74) is -0.852. The van der Waals surface area contributed by atoms with Crippen molar-refractivity contribution in [3.05, 3.63) is 0 Å². The summed E-state index contributed by atoms with van der Waals surface area (Å²) in [4.78, 5) is 33.3. The number of ether oxygens (including phenoxy) is 2. The van der Waals surface area contributed by atoms with E-state index in [9.17, 15) is 14.4 Å². The number of esters is 2. The molecule has 2 unspecified atom stereocenters. The Bertz CT molecular complexity index is 366. The van der Waals surface area contributed by atoms with E-state index < -0.39 is 38.6 Å². The van der Waals surface area contributed by atoms with E-state index in [1.807, 2.05) is 0 Å². The van der Waals surface area contributed by atoms with E-state index in [-0.39, 0.29) is 103 Å². The average molecular weight is 496 g/mol. The normalized spacial score (nSPS) is 13.8. The summed E-state index contributed by atoms with van der Waals surface area (Å²) in [7, 11) is 0. The van der Waals surface area contributed by atoms with Crippen LogP contribution in [-0.4, -0.2) is 131 Å². The second kappa shape index (κ2) is 12.3. The van der Waals surface area contributed by atoms with Crippen molar-refractivity contribution < 1.29 is 23.9 Å². The van der Waals surface area contributed by atoms with Gasteiger partial charge in [0.1, 0.15) is 9.65 Å². The zero-order valence-corrected chi connectivity index (χ0v) is 15.6. The molecular weight excluding hydrogens is 474 g/mol. The molecule has 0 radical (unpaired) electrons. The molecule has 0 saturated carbocycles. The fourth-order valence-corrected chi connectivity index (χ4v) is 1.18. The van der Waals surface area contributed by atoms with E-state index >= 15 is 0 Å². The molecule has 0 spiro atoms. The molecule has 2 atom stereocenters. The molecule has 0 rings (SSSR count). The molecule has 0 aromatic heterocycles. The minimum atomic E-state index is -1.32. The summed E-state index contributed by atoms with van der Waals surface area (Å²) in [5, 5.41) is 0. The van der Waals surface area contributed by atoms with E-state index in [1.165, 1.54) is 0 Å². The predicted octanol–water partition coefficient (Wildman–Crippen LogP) is 2.52. The van der Waals surface area contributed by atoms with Crippen molar-refractivity contribution >= 4 is 153 Å². The zero-order valence-electron chi connectivity index (χ0n) is 12.5. The third kappa shape index (κ3) is 11.5. The summed E-state index contributed by atoms with van der Waals surface area (Å²) in [6, 6.07) is 0. The van der Waals surface area contributed by atoms with Crippen molar-refractivity contribution in [1.29, 1.82) is 0 Å². The van der Waals surface area contributed by atoms with Crippen LogP contribution in [0.4, 0.5) is 4.79 Å². The third-order valence-corrected chi connectivity index (χ3v) is 5.80. The standard InChI is InChI=1S/C13H20Br2O5.2K.2H/c1-12(2,3)7(14)9(16)19-11(18)20-10(17)8(15)13(4,5)6;;;;/h7-8H,1-6H3;;;;. The molecule has 0 bridgehead atoms. The van der Waals surface area contributed by atoms with Crippen LogP contribution >= 0.6 is 31.9 Å². The van der Waals surface area contributed by atoms with Crippen molar-refractivity contribution in [2.45, 2.75) is 51.2 Å². The number of hydrogen-bond donors (Lipinski definition) is 0. The number of hydrogen-bond acceptors (Lipinski definition) is 5. The molecule has 0 fully saturated rings. The van der Waals surface area contributed by atoms with Crippen molar-refractivity contribution in [1.82, 2.24) is 0 Å². The van der Waals surface area contributed by atoms with Gasteiger partial charge in [-0.15, -0.1) is 0 Å². The molecule has 0 aliphatic carbocycles. The topological polar surface area (TPSA) is 69.7 Å². The summed E-state index contributed by atoms with van der Waals surface area (Å²) in [6.45, 7) is 10.8. The molecule has 0 N–H and O–H groups in total. The molecule has 0 heterocycles. The van der Waals surface area contributed by atoms with E-state index in [0.29, 0.717) is 0 Å².